The molecule has 2 N–H and O–H groups in total. The van der Waals surface area contributed by atoms with Crippen molar-refractivity contribution in [2.75, 3.05) is 31.6 Å². The van der Waals surface area contributed by atoms with Gasteiger partial charge in [-0.25, -0.2) is 4.68 Å². The van der Waals surface area contributed by atoms with Gasteiger partial charge in [0.15, 0.2) is 0 Å². The first-order valence-corrected chi connectivity index (χ1v) is 14.0. The molecule has 3 heterocycles. The van der Waals surface area contributed by atoms with E-state index in [1.54, 1.807) is 24.5 Å². The van der Waals surface area contributed by atoms with Crippen LogP contribution in [0.5, 0.6) is 0 Å². The maximum Gasteiger partial charge on any atom is 0.418 e. The number of alkyl halides is 3. The lowest BCUT2D eigenvalue weighted by Crippen LogP contribution is -2.45. The molecule has 222 valence electrons. The van der Waals surface area contributed by atoms with Crippen molar-refractivity contribution in [3.8, 4) is 5.69 Å². The van der Waals surface area contributed by atoms with E-state index in [1.165, 1.54) is 16.2 Å². The van der Waals surface area contributed by atoms with Gasteiger partial charge in [-0.05, 0) is 47.9 Å². The SMILES string of the molecule is Cc1ccccc1Nn1c(=O)c(=O)[nH]c2cc(C(F)(F)F)c(-n3ccc(CN4CCN(Cc5ccccc5)CC4)c3)cc21. The number of piperazine rings is 1. The van der Waals surface area contributed by atoms with E-state index in [1.807, 2.05) is 43.3 Å². The van der Waals surface area contributed by atoms with Crippen molar-refractivity contribution < 1.29 is 13.2 Å². The molecule has 0 bridgehead atoms. The standard InChI is InChI=1S/C32H31F3N6O2/c1-22-7-5-6-10-26(22)37-41-29-18-28(25(32(33,34)35)17-27(29)36-30(42)31(41)43)40-12-11-24(21-40)20-39-15-13-38(14-16-39)19-23-8-3-2-4-9-23/h2-12,17-18,21,37H,13-16,19-20H2,1H3,(H,36,42). The molecule has 0 spiro atoms. The van der Waals surface area contributed by atoms with Crippen LogP contribution < -0.4 is 16.5 Å². The molecule has 3 aromatic carbocycles. The highest BCUT2D eigenvalue weighted by Gasteiger charge is 2.35. The maximum atomic E-state index is 14.3. The number of H-pyrrole nitrogens is 1. The minimum atomic E-state index is -4.70. The fourth-order valence-corrected chi connectivity index (χ4v) is 5.51. The zero-order valence-electron chi connectivity index (χ0n) is 23.6. The van der Waals surface area contributed by atoms with Crippen LogP contribution in [0, 0.1) is 6.92 Å². The van der Waals surface area contributed by atoms with Crippen LogP contribution >= 0.6 is 0 Å². The van der Waals surface area contributed by atoms with E-state index in [4.69, 9.17) is 0 Å². The van der Waals surface area contributed by atoms with Crippen LogP contribution in [0.1, 0.15) is 22.3 Å². The number of rotatable bonds is 7. The smallest absolute Gasteiger partial charge is 0.323 e. The van der Waals surface area contributed by atoms with Gasteiger partial charge in [0.1, 0.15) is 0 Å². The van der Waals surface area contributed by atoms with E-state index in [2.05, 4.69) is 32.3 Å². The van der Waals surface area contributed by atoms with Gasteiger partial charge in [0, 0.05) is 51.7 Å². The van der Waals surface area contributed by atoms with Crippen molar-refractivity contribution in [1.82, 2.24) is 24.0 Å². The fourth-order valence-electron chi connectivity index (χ4n) is 5.51. The molecule has 1 saturated heterocycles. The molecular weight excluding hydrogens is 557 g/mol. The zero-order chi connectivity index (χ0) is 30.1. The van der Waals surface area contributed by atoms with Gasteiger partial charge in [-0.3, -0.25) is 24.8 Å². The Hall–Kier alpha value is -4.61. The lowest BCUT2D eigenvalue weighted by molar-refractivity contribution is -0.137. The summed E-state index contributed by atoms with van der Waals surface area (Å²) < 4.78 is 45.4. The molecule has 0 radical (unpaired) electrons. The Bertz CT molecular complexity index is 1870. The quantitative estimate of drug-likeness (QED) is 0.262. The zero-order valence-corrected chi connectivity index (χ0v) is 23.6. The molecule has 8 nitrogen and oxygen atoms in total. The van der Waals surface area contributed by atoms with Gasteiger partial charge < -0.3 is 9.55 Å². The predicted molar refractivity (Wildman–Crippen MR) is 160 cm³/mol. The van der Waals surface area contributed by atoms with E-state index in [0.29, 0.717) is 12.2 Å². The van der Waals surface area contributed by atoms with Crippen LogP contribution in [-0.4, -0.2) is 50.2 Å². The molecule has 0 aliphatic carbocycles. The van der Waals surface area contributed by atoms with Gasteiger partial charge in [0.05, 0.1) is 28.0 Å². The summed E-state index contributed by atoms with van der Waals surface area (Å²) in [6.07, 6.45) is -1.42. The highest BCUT2D eigenvalue weighted by Crippen LogP contribution is 2.36. The van der Waals surface area contributed by atoms with Gasteiger partial charge in [-0.2, -0.15) is 13.2 Å². The Morgan fingerprint density at radius 3 is 2.16 bits per heavy atom. The number of anilines is 1. The summed E-state index contributed by atoms with van der Waals surface area (Å²) in [4.78, 5) is 32.3. The topological polar surface area (TPSA) is 78.3 Å². The summed E-state index contributed by atoms with van der Waals surface area (Å²) in [5, 5.41) is 0. The number of nitrogens with zero attached hydrogens (tertiary/aromatic N) is 4. The summed E-state index contributed by atoms with van der Waals surface area (Å²) in [6.45, 7) is 6.83. The molecule has 5 aromatic rings. The summed E-state index contributed by atoms with van der Waals surface area (Å²) >= 11 is 0. The number of para-hydroxylation sites is 1. The molecule has 0 unspecified atom stereocenters. The minimum Gasteiger partial charge on any atom is -0.323 e. The number of halogens is 3. The molecule has 0 atom stereocenters. The number of hydrogen-bond donors (Lipinski definition) is 2. The minimum absolute atomic E-state index is 0.109. The third-order valence-electron chi connectivity index (χ3n) is 7.84. The molecule has 2 aromatic heterocycles. The molecule has 43 heavy (non-hydrogen) atoms. The summed E-state index contributed by atoms with van der Waals surface area (Å²) in [7, 11) is 0. The van der Waals surface area contributed by atoms with Crippen LogP contribution in [-0.2, 0) is 19.3 Å². The molecule has 1 aliphatic rings. The fraction of sp³-hybridized carbons (Fsp3) is 0.250. The van der Waals surface area contributed by atoms with Crippen LogP contribution in [0.25, 0.3) is 16.7 Å². The van der Waals surface area contributed by atoms with Crippen LogP contribution in [0.15, 0.2) is 94.8 Å². The normalized spacial score (nSPS) is 14.8. The van der Waals surface area contributed by atoms with E-state index in [-0.39, 0.29) is 16.7 Å². The monoisotopic (exact) mass is 588 g/mol. The number of benzene rings is 3. The number of nitrogens with one attached hydrogen (secondary N) is 2. The Morgan fingerprint density at radius 2 is 1.49 bits per heavy atom. The van der Waals surface area contributed by atoms with Gasteiger partial charge in [-0.15, -0.1) is 0 Å². The van der Waals surface area contributed by atoms with E-state index in [0.717, 1.165) is 54.6 Å². The molecule has 1 fully saturated rings. The number of hydrogen-bond acceptors (Lipinski definition) is 5. The molecule has 11 heteroatoms. The van der Waals surface area contributed by atoms with Crippen LogP contribution in [0.4, 0.5) is 18.9 Å². The second-order valence-corrected chi connectivity index (χ2v) is 10.9. The predicted octanol–water partition coefficient (Wildman–Crippen LogP) is 5.00. The molecule has 0 saturated carbocycles. The first kappa shape index (κ1) is 28.5. The second-order valence-electron chi connectivity index (χ2n) is 10.9. The third kappa shape index (κ3) is 6.13. The summed E-state index contributed by atoms with van der Waals surface area (Å²) in [5.74, 6) is 0. The number of aromatic nitrogens is 3. The van der Waals surface area contributed by atoms with Gasteiger partial charge in [-0.1, -0.05) is 48.5 Å². The average Bonchev–Trinajstić information content (AvgIpc) is 3.45. The number of aromatic amines is 1. The Balaban J connectivity index is 1.29. The first-order chi connectivity index (χ1) is 20.7. The lowest BCUT2D eigenvalue weighted by atomic mass is 10.1. The van der Waals surface area contributed by atoms with E-state index < -0.39 is 22.9 Å². The summed E-state index contributed by atoms with van der Waals surface area (Å²) in [6, 6.07) is 21.4. The molecule has 6 rings (SSSR count). The lowest BCUT2D eigenvalue weighted by Gasteiger charge is -2.34. The van der Waals surface area contributed by atoms with Crippen LogP contribution in [0.2, 0.25) is 0 Å². The van der Waals surface area contributed by atoms with Crippen molar-refractivity contribution in [3.63, 3.8) is 0 Å². The maximum absolute atomic E-state index is 14.3. The van der Waals surface area contributed by atoms with Gasteiger partial charge in [0.2, 0.25) is 0 Å². The van der Waals surface area contributed by atoms with Crippen molar-refractivity contribution in [1.29, 1.82) is 0 Å². The highest BCUT2D eigenvalue weighted by molar-refractivity contribution is 5.80. The molecular formula is C32H31F3N6O2. The van der Waals surface area contributed by atoms with Crippen molar-refractivity contribution in [2.45, 2.75) is 26.2 Å². The first-order valence-electron chi connectivity index (χ1n) is 14.0. The van der Waals surface area contributed by atoms with E-state index >= 15 is 0 Å². The Morgan fingerprint density at radius 1 is 0.837 bits per heavy atom. The highest BCUT2D eigenvalue weighted by atomic mass is 19.4. The second kappa shape index (κ2) is 11.6. The Kier molecular flexibility index (Phi) is 7.68. The van der Waals surface area contributed by atoms with Crippen molar-refractivity contribution >= 4 is 16.7 Å². The van der Waals surface area contributed by atoms with Crippen LogP contribution in [0.3, 0.4) is 0 Å². The third-order valence-corrected chi connectivity index (χ3v) is 7.84. The Labute approximate surface area is 245 Å². The largest absolute Gasteiger partial charge is 0.418 e. The van der Waals surface area contributed by atoms with Gasteiger partial charge in [0.25, 0.3) is 0 Å². The van der Waals surface area contributed by atoms with Crippen molar-refractivity contribution in [2.24, 2.45) is 0 Å². The van der Waals surface area contributed by atoms with Gasteiger partial charge >= 0.3 is 17.3 Å². The van der Waals surface area contributed by atoms with Crippen molar-refractivity contribution in [3.05, 3.63) is 128 Å². The molecule has 1 aliphatic heterocycles. The molecule has 0 amide bonds. The van der Waals surface area contributed by atoms with E-state index in [9.17, 15) is 22.8 Å². The average molecular weight is 589 g/mol. The number of fused-ring (bicyclic) bond motifs is 1. The summed E-state index contributed by atoms with van der Waals surface area (Å²) in [5.41, 5.74) is 3.39. The number of aryl methyl sites for hydroxylation is 1.